The van der Waals surface area contributed by atoms with Gasteiger partial charge in [0.05, 0.1) is 0 Å². The van der Waals surface area contributed by atoms with E-state index in [2.05, 4.69) is 30.3 Å². The Morgan fingerprint density at radius 1 is 1.21 bits per heavy atom. The first-order chi connectivity index (χ1) is 9.16. The van der Waals surface area contributed by atoms with Crippen LogP contribution in [0.15, 0.2) is 42.5 Å². The third-order valence-electron chi connectivity index (χ3n) is 4.10. The molecule has 98 valence electrons. The van der Waals surface area contributed by atoms with Crippen LogP contribution in [0.1, 0.15) is 17.9 Å². The van der Waals surface area contributed by atoms with E-state index in [1.165, 1.54) is 10.8 Å². The van der Waals surface area contributed by atoms with E-state index in [9.17, 15) is 9.90 Å². The maximum Gasteiger partial charge on any atom is 0.321 e. The lowest BCUT2D eigenvalue weighted by Gasteiger charge is -2.21. The Labute approximate surface area is 112 Å². The lowest BCUT2D eigenvalue weighted by atomic mass is 9.90. The Bertz CT molecular complexity index is 623. The van der Waals surface area contributed by atoms with Gasteiger partial charge in [-0.25, -0.2) is 0 Å². The molecule has 1 aliphatic heterocycles. The summed E-state index contributed by atoms with van der Waals surface area (Å²) in [6, 6.07) is 14.1. The largest absolute Gasteiger partial charge is 0.480 e. The second kappa shape index (κ2) is 4.67. The van der Waals surface area contributed by atoms with E-state index in [-0.39, 0.29) is 5.92 Å². The molecule has 19 heavy (non-hydrogen) atoms. The van der Waals surface area contributed by atoms with Crippen molar-refractivity contribution in [3.05, 3.63) is 48.0 Å². The van der Waals surface area contributed by atoms with Crippen LogP contribution in [0.4, 0.5) is 0 Å². The topological polar surface area (TPSA) is 40.5 Å². The quantitative estimate of drug-likeness (QED) is 0.897. The van der Waals surface area contributed by atoms with E-state index in [0.29, 0.717) is 0 Å². The van der Waals surface area contributed by atoms with Crippen molar-refractivity contribution in [2.45, 2.75) is 18.4 Å². The van der Waals surface area contributed by atoms with Gasteiger partial charge in [-0.1, -0.05) is 42.5 Å². The van der Waals surface area contributed by atoms with E-state index < -0.39 is 12.0 Å². The number of likely N-dealkylation sites (N-methyl/N-ethyl adjacent to an activating group) is 1. The van der Waals surface area contributed by atoms with Crippen LogP contribution in [0.3, 0.4) is 0 Å². The highest BCUT2D eigenvalue weighted by molar-refractivity contribution is 5.83. The molecule has 0 aliphatic carbocycles. The summed E-state index contributed by atoms with van der Waals surface area (Å²) in [5.74, 6) is -0.634. The van der Waals surface area contributed by atoms with Gasteiger partial charge >= 0.3 is 5.97 Å². The molecule has 0 spiro atoms. The smallest absolute Gasteiger partial charge is 0.321 e. The van der Waals surface area contributed by atoms with Crippen LogP contribution in [-0.2, 0) is 4.79 Å². The Morgan fingerprint density at radius 3 is 2.68 bits per heavy atom. The Hall–Kier alpha value is -1.87. The van der Waals surface area contributed by atoms with Crippen LogP contribution in [0, 0.1) is 0 Å². The van der Waals surface area contributed by atoms with Crippen molar-refractivity contribution in [3.63, 3.8) is 0 Å². The van der Waals surface area contributed by atoms with Gasteiger partial charge in [0.25, 0.3) is 0 Å². The number of rotatable bonds is 2. The van der Waals surface area contributed by atoms with Crippen molar-refractivity contribution >= 4 is 16.7 Å². The van der Waals surface area contributed by atoms with E-state index >= 15 is 0 Å². The van der Waals surface area contributed by atoms with Gasteiger partial charge in [0, 0.05) is 5.92 Å². The van der Waals surface area contributed by atoms with Gasteiger partial charge in [0.2, 0.25) is 0 Å². The highest BCUT2D eigenvalue weighted by Crippen LogP contribution is 2.34. The molecule has 1 aliphatic rings. The second-order valence-corrected chi connectivity index (χ2v) is 5.27. The van der Waals surface area contributed by atoms with E-state index in [0.717, 1.165) is 18.5 Å². The molecule has 2 unspecified atom stereocenters. The van der Waals surface area contributed by atoms with Gasteiger partial charge in [-0.15, -0.1) is 0 Å². The summed E-state index contributed by atoms with van der Waals surface area (Å²) < 4.78 is 0. The first-order valence-corrected chi connectivity index (χ1v) is 6.58. The first-order valence-electron chi connectivity index (χ1n) is 6.58. The molecular weight excluding hydrogens is 238 g/mol. The summed E-state index contributed by atoms with van der Waals surface area (Å²) in [4.78, 5) is 13.4. The minimum absolute atomic E-state index is 0.0899. The minimum atomic E-state index is -0.724. The summed E-state index contributed by atoms with van der Waals surface area (Å²) in [5, 5.41) is 11.8. The van der Waals surface area contributed by atoms with Crippen molar-refractivity contribution in [1.29, 1.82) is 0 Å². The normalized spacial score (nSPS) is 23.8. The molecule has 3 rings (SSSR count). The molecule has 0 bridgehead atoms. The summed E-state index contributed by atoms with van der Waals surface area (Å²) in [6.45, 7) is 0.842. The lowest BCUT2D eigenvalue weighted by molar-refractivity contribution is -0.142. The summed E-state index contributed by atoms with van der Waals surface area (Å²) in [5.41, 5.74) is 1.13. The fourth-order valence-electron chi connectivity index (χ4n) is 3.09. The van der Waals surface area contributed by atoms with E-state index in [1.54, 1.807) is 0 Å². The molecule has 1 N–H and O–H groups in total. The number of fused-ring (bicyclic) bond motifs is 1. The Kier molecular flexibility index (Phi) is 2.99. The minimum Gasteiger partial charge on any atom is -0.480 e. The number of aliphatic carboxylic acids is 1. The number of hydrogen-bond acceptors (Lipinski definition) is 2. The van der Waals surface area contributed by atoms with Crippen LogP contribution in [0.2, 0.25) is 0 Å². The monoisotopic (exact) mass is 255 g/mol. The fourth-order valence-corrected chi connectivity index (χ4v) is 3.09. The Balaban J connectivity index is 2.01. The SMILES string of the molecule is CN1CCC(c2ccc3ccccc3c2)C1C(=O)O. The average Bonchev–Trinajstić information content (AvgIpc) is 2.80. The highest BCUT2D eigenvalue weighted by Gasteiger charge is 2.38. The van der Waals surface area contributed by atoms with E-state index in [4.69, 9.17) is 0 Å². The number of benzene rings is 2. The zero-order valence-electron chi connectivity index (χ0n) is 10.9. The number of carbonyl (C=O) groups is 1. The highest BCUT2D eigenvalue weighted by atomic mass is 16.4. The predicted octanol–water partition coefficient (Wildman–Crippen LogP) is 2.71. The molecule has 0 saturated carbocycles. The molecule has 3 nitrogen and oxygen atoms in total. The third-order valence-corrected chi connectivity index (χ3v) is 4.10. The van der Waals surface area contributed by atoms with Crippen LogP contribution < -0.4 is 0 Å². The molecule has 2 aromatic carbocycles. The van der Waals surface area contributed by atoms with Crippen molar-refractivity contribution < 1.29 is 9.90 Å². The van der Waals surface area contributed by atoms with Gasteiger partial charge in [-0.3, -0.25) is 9.69 Å². The van der Waals surface area contributed by atoms with Crippen LogP contribution in [0.25, 0.3) is 10.8 Å². The van der Waals surface area contributed by atoms with Gasteiger partial charge in [-0.05, 0) is 36.3 Å². The van der Waals surface area contributed by atoms with Crippen LogP contribution in [-0.4, -0.2) is 35.6 Å². The maximum absolute atomic E-state index is 11.4. The number of nitrogens with zero attached hydrogens (tertiary/aromatic N) is 1. The molecule has 2 atom stereocenters. The second-order valence-electron chi connectivity index (χ2n) is 5.27. The van der Waals surface area contributed by atoms with Crippen molar-refractivity contribution in [2.24, 2.45) is 0 Å². The van der Waals surface area contributed by atoms with Crippen LogP contribution in [0.5, 0.6) is 0 Å². The lowest BCUT2D eigenvalue weighted by Crippen LogP contribution is -2.36. The van der Waals surface area contributed by atoms with Gasteiger partial charge in [-0.2, -0.15) is 0 Å². The van der Waals surface area contributed by atoms with Crippen molar-refractivity contribution in [2.75, 3.05) is 13.6 Å². The zero-order valence-corrected chi connectivity index (χ0v) is 10.9. The molecule has 3 heteroatoms. The standard InChI is InChI=1S/C16H17NO2/c1-17-9-8-14(15(17)16(18)19)13-7-6-11-4-2-3-5-12(11)10-13/h2-7,10,14-15H,8-9H2,1H3,(H,18,19). The van der Waals surface area contributed by atoms with Gasteiger partial charge in [0.15, 0.2) is 0 Å². The number of likely N-dealkylation sites (tertiary alicyclic amines) is 1. The Morgan fingerprint density at radius 2 is 1.95 bits per heavy atom. The van der Waals surface area contributed by atoms with Crippen molar-refractivity contribution in [1.82, 2.24) is 4.90 Å². The van der Waals surface area contributed by atoms with Gasteiger partial charge in [0.1, 0.15) is 6.04 Å². The first kappa shape index (κ1) is 12.2. The third kappa shape index (κ3) is 2.10. The maximum atomic E-state index is 11.4. The molecular formula is C16H17NO2. The molecule has 2 aromatic rings. The number of carboxylic acid groups (broad SMARTS) is 1. The molecule has 0 aromatic heterocycles. The van der Waals surface area contributed by atoms with Crippen molar-refractivity contribution in [3.8, 4) is 0 Å². The summed E-state index contributed by atoms with van der Waals surface area (Å²) in [6.07, 6.45) is 0.909. The summed E-state index contributed by atoms with van der Waals surface area (Å²) in [7, 11) is 1.89. The van der Waals surface area contributed by atoms with Crippen LogP contribution >= 0.6 is 0 Å². The molecule has 0 radical (unpaired) electrons. The van der Waals surface area contributed by atoms with E-state index in [1.807, 2.05) is 24.1 Å². The molecule has 1 heterocycles. The zero-order chi connectivity index (χ0) is 13.4. The van der Waals surface area contributed by atoms with Gasteiger partial charge < -0.3 is 5.11 Å². The molecule has 0 amide bonds. The molecule has 1 fully saturated rings. The number of carboxylic acids is 1. The number of hydrogen-bond donors (Lipinski definition) is 1. The summed E-state index contributed by atoms with van der Waals surface area (Å²) >= 11 is 0. The molecule has 1 saturated heterocycles. The predicted molar refractivity (Wildman–Crippen MR) is 75.4 cm³/mol. The fraction of sp³-hybridized carbons (Fsp3) is 0.312. The average molecular weight is 255 g/mol.